The zero-order valence-electron chi connectivity index (χ0n) is 10.1. The number of hydrogen-bond acceptors (Lipinski definition) is 5. The first kappa shape index (κ1) is 12.1. The summed E-state index contributed by atoms with van der Waals surface area (Å²) in [5.74, 6) is 0.00548. The van der Waals surface area contributed by atoms with Crippen LogP contribution in [0.25, 0.3) is 11.2 Å². The molecule has 8 heteroatoms. The number of alkyl halides is 1. The van der Waals surface area contributed by atoms with Crippen LogP contribution in [0.15, 0.2) is 11.1 Å². The van der Waals surface area contributed by atoms with Gasteiger partial charge in [-0.1, -0.05) is 0 Å². The fraction of sp³-hybridized carbons (Fsp3) is 0.545. The molecule has 0 aromatic carbocycles. The molecule has 19 heavy (non-hydrogen) atoms. The first-order valence-corrected chi connectivity index (χ1v) is 6.04. The Morgan fingerprint density at radius 2 is 2.47 bits per heavy atom. The lowest BCUT2D eigenvalue weighted by Crippen LogP contribution is -2.24. The molecule has 0 radical (unpaired) electrons. The molecule has 1 unspecified atom stereocenters. The first-order chi connectivity index (χ1) is 9.02. The molecule has 0 amide bonds. The summed E-state index contributed by atoms with van der Waals surface area (Å²) in [6, 6.07) is -0.171. The van der Waals surface area contributed by atoms with Crippen LogP contribution in [-0.2, 0) is 0 Å². The quantitative estimate of drug-likeness (QED) is 0.716. The molecule has 2 heterocycles. The van der Waals surface area contributed by atoms with Gasteiger partial charge in [0.25, 0.3) is 5.56 Å². The molecule has 2 atom stereocenters. The van der Waals surface area contributed by atoms with Gasteiger partial charge in [-0.25, -0.2) is 9.37 Å². The number of H-pyrrole nitrogens is 1. The largest absolute Gasteiger partial charge is 0.393 e. The number of fused-ring (bicyclic) bond motifs is 1. The highest BCUT2D eigenvalue weighted by Gasteiger charge is 2.40. The standard InChI is InChI=1S/C11H14FN5O2/c12-11(4-18)2-1-6(3-11)17-5-14-7-8(17)15-10(13)16-9(7)19/h5-6,18H,1-4H2,(H3,13,15,16,19)/t6?,11-/m0/s1. The van der Waals surface area contributed by atoms with Crippen LogP contribution in [0.1, 0.15) is 25.3 Å². The maximum absolute atomic E-state index is 14.0. The minimum absolute atomic E-state index is 0.00548. The summed E-state index contributed by atoms with van der Waals surface area (Å²) in [6.45, 7) is -0.494. The zero-order valence-corrected chi connectivity index (χ0v) is 10.1. The molecular weight excluding hydrogens is 253 g/mol. The minimum Gasteiger partial charge on any atom is -0.393 e. The number of rotatable bonds is 2. The molecule has 7 nitrogen and oxygen atoms in total. The number of nitrogens with two attached hydrogens (primary N) is 1. The van der Waals surface area contributed by atoms with Gasteiger partial charge >= 0.3 is 0 Å². The highest BCUT2D eigenvalue weighted by atomic mass is 19.1. The van der Waals surface area contributed by atoms with E-state index in [9.17, 15) is 9.18 Å². The number of aromatic nitrogens is 4. The highest BCUT2D eigenvalue weighted by Crippen LogP contribution is 2.40. The molecule has 2 aromatic rings. The number of anilines is 1. The van der Waals surface area contributed by atoms with Crippen molar-refractivity contribution in [1.82, 2.24) is 19.5 Å². The van der Waals surface area contributed by atoms with Crippen molar-refractivity contribution in [2.45, 2.75) is 31.0 Å². The van der Waals surface area contributed by atoms with Crippen LogP contribution in [0.4, 0.5) is 10.3 Å². The number of halogens is 1. The minimum atomic E-state index is -1.56. The van der Waals surface area contributed by atoms with E-state index in [0.717, 1.165) is 0 Å². The Labute approximate surface area is 107 Å². The van der Waals surface area contributed by atoms with Gasteiger partial charge in [0.2, 0.25) is 5.95 Å². The second kappa shape index (κ2) is 4.02. The molecule has 0 spiro atoms. The van der Waals surface area contributed by atoms with Crippen LogP contribution < -0.4 is 11.3 Å². The van der Waals surface area contributed by atoms with Crippen LogP contribution in [0.5, 0.6) is 0 Å². The molecule has 2 aromatic heterocycles. The number of imidazole rings is 1. The maximum atomic E-state index is 14.0. The summed E-state index contributed by atoms with van der Waals surface area (Å²) in [6.07, 6.45) is 2.51. The molecule has 3 rings (SSSR count). The average molecular weight is 267 g/mol. The normalized spacial score (nSPS) is 27.2. The third-order valence-corrected chi connectivity index (χ3v) is 3.65. The van der Waals surface area contributed by atoms with E-state index in [2.05, 4.69) is 15.0 Å². The SMILES string of the molecule is Nc1nc2c(ncn2C2CC[C@@](F)(CO)C2)c(=O)[nH]1. The number of aromatic amines is 1. The van der Waals surface area contributed by atoms with Crippen LogP contribution in [0, 0.1) is 0 Å². The Hall–Kier alpha value is -1.96. The molecule has 1 aliphatic rings. The monoisotopic (exact) mass is 267 g/mol. The van der Waals surface area contributed by atoms with Crippen LogP contribution >= 0.6 is 0 Å². The Morgan fingerprint density at radius 1 is 1.68 bits per heavy atom. The molecule has 102 valence electrons. The molecule has 1 saturated carbocycles. The Balaban J connectivity index is 2.05. The van der Waals surface area contributed by atoms with Crippen molar-refractivity contribution in [3.63, 3.8) is 0 Å². The second-order valence-corrected chi connectivity index (χ2v) is 4.98. The van der Waals surface area contributed by atoms with Crippen molar-refractivity contribution in [3.8, 4) is 0 Å². The van der Waals surface area contributed by atoms with Crippen LogP contribution in [-0.4, -0.2) is 36.9 Å². The van der Waals surface area contributed by atoms with Crippen molar-refractivity contribution in [3.05, 3.63) is 16.7 Å². The van der Waals surface area contributed by atoms with Crippen molar-refractivity contribution in [2.24, 2.45) is 0 Å². The van der Waals surface area contributed by atoms with E-state index < -0.39 is 17.8 Å². The summed E-state index contributed by atoms with van der Waals surface area (Å²) in [5.41, 5.74) is 4.08. The molecule has 4 N–H and O–H groups in total. The first-order valence-electron chi connectivity index (χ1n) is 6.04. The van der Waals surface area contributed by atoms with Crippen molar-refractivity contribution in [2.75, 3.05) is 12.3 Å². The van der Waals surface area contributed by atoms with Gasteiger partial charge < -0.3 is 15.4 Å². The predicted molar refractivity (Wildman–Crippen MR) is 66.4 cm³/mol. The van der Waals surface area contributed by atoms with E-state index in [4.69, 9.17) is 10.8 Å². The third kappa shape index (κ3) is 1.88. The molecule has 1 aliphatic carbocycles. The summed E-state index contributed by atoms with van der Waals surface area (Å²) in [4.78, 5) is 22.1. The molecule has 0 bridgehead atoms. The lowest BCUT2D eigenvalue weighted by Gasteiger charge is -2.17. The van der Waals surface area contributed by atoms with E-state index in [1.807, 2.05) is 0 Å². The fourth-order valence-electron chi connectivity index (χ4n) is 2.64. The van der Waals surface area contributed by atoms with E-state index in [0.29, 0.717) is 12.1 Å². The molecule has 1 fully saturated rings. The van der Waals surface area contributed by atoms with Crippen molar-refractivity contribution < 1.29 is 9.50 Å². The molecule has 0 saturated heterocycles. The lowest BCUT2D eigenvalue weighted by atomic mass is 10.1. The highest BCUT2D eigenvalue weighted by molar-refractivity contribution is 5.70. The second-order valence-electron chi connectivity index (χ2n) is 4.98. The van der Waals surface area contributed by atoms with E-state index in [1.54, 1.807) is 4.57 Å². The van der Waals surface area contributed by atoms with E-state index in [-0.39, 0.29) is 30.3 Å². The number of aliphatic hydroxyl groups excluding tert-OH is 1. The number of nitrogens with one attached hydrogen (secondary N) is 1. The van der Waals surface area contributed by atoms with Gasteiger partial charge in [-0.15, -0.1) is 0 Å². The van der Waals surface area contributed by atoms with Gasteiger partial charge in [0.05, 0.1) is 12.9 Å². The van der Waals surface area contributed by atoms with Gasteiger partial charge in [-0.2, -0.15) is 4.98 Å². The number of hydrogen-bond donors (Lipinski definition) is 3. The number of nitrogen functional groups attached to an aromatic ring is 1. The zero-order chi connectivity index (χ0) is 13.6. The van der Waals surface area contributed by atoms with Crippen molar-refractivity contribution in [1.29, 1.82) is 0 Å². The summed E-state index contributed by atoms with van der Waals surface area (Å²) in [5, 5.41) is 9.05. The van der Waals surface area contributed by atoms with Crippen molar-refractivity contribution >= 4 is 17.1 Å². The molecule has 0 aliphatic heterocycles. The lowest BCUT2D eigenvalue weighted by molar-refractivity contribution is 0.0741. The van der Waals surface area contributed by atoms with Gasteiger partial charge in [-0.05, 0) is 12.8 Å². The summed E-state index contributed by atoms with van der Waals surface area (Å²) >= 11 is 0. The van der Waals surface area contributed by atoms with Gasteiger partial charge in [0.1, 0.15) is 5.67 Å². The Kier molecular flexibility index (Phi) is 2.56. The van der Waals surface area contributed by atoms with Crippen LogP contribution in [0.2, 0.25) is 0 Å². The van der Waals surface area contributed by atoms with Gasteiger partial charge in [0.15, 0.2) is 11.2 Å². The fourth-order valence-corrected chi connectivity index (χ4v) is 2.64. The van der Waals surface area contributed by atoms with E-state index in [1.165, 1.54) is 6.33 Å². The van der Waals surface area contributed by atoms with Crippen LogP contribution in [0.3, 0.4) is 0 Å². The summed E-state index contributed by atoms with van der Waals surface area (Å²) in [7, 11) is 0. The summed E-state index contributed by atoms with van der Waals surface area (Å²) < 4.78 is 15.7. The predicted octanol–water partition coefficient (Wildman–Crippen LogP) is 0.127. The smallest absolute Gasteiger partial charge is 0.280 e. The Morgan fingerprint density at radius 3 is 3.16 bits per heavy atom. The maximum Gasteiger partial charge on any atom is 0.280 e. The average Bonchev–Trinajstić information content (AvgIpc) is 2.94. The van der Waals surface area contributed by atoms with E-state index >= 15 is 0 Å². The number of nitrogens with zero attached hydrogens (tertiary/aromatic N) is 3. The topological polar surface area (TPSA) is 110 Å². The van der Waals surface area contributed by atoms with Gasteiger partial charge in [0, 0.05) is 12.5 Å². The Bertz CT molecular complexity index is 681. The van der Waals surface area contributed by atoms with Gasteiger partial charge in [-0.3, -0.25) is 9.78 Å². The third-order valence-electron chi connectivity index (χ3n) is 3.65. The molecular formula is C11H14FN5O2. The number of aliphatic hydroxyl groups is 1.